The highest BCUT2D eigenvalue weighted by molar-refractivity contribution is 7.96. The zero-order valence-electron chi connectivity index (χ0n) is 5.72. The highest BCUT2D eigenvalue weighted by Crippen LogP contribution is 2.19. The fourth-order valence-corrected chi connectivity index (χ4v) is 0.969. The lowest BCUT2D eigenvalue weighted by atomic mass is 10.1. The Bertz CT molecular complexity index is 105. The van der Waals surface area contributed by atoms with E-state index < -0.39 is 0 Å². The number of hydrogen-bond acceptors (Lipinski definition) is 1. The Balaban J connectivity index is 3.72. The van der Waals surface area contributed by atoms with Crippen molar-refractivity contribution in [3.05, 3.63) is 0 Å². The van der Waals surface area contributed by atoms with E-state index >= 15 is 0 Å². The van der Waals surface area contributed by atoms with Crippen molar-refractivity contribution in [2.24, 2.45) is 5.92 Å². The van der Waals surface area contributed by atoms with Crippen LogP contribution in [0.5, 0.6) is 0 Å². The highest BCUT2D eigenvalue weighted by atomic mass is 32.1. The summed E-state index contributed by atoms with van der Waals surface area (Å²) < 4.78 is 0. The number of carbonyl (C=O) groups excluding carboxylic acids is 1. The van der Waals surface area contributed by atoms with Crippen LogP contribution < -0.4 is 0 Å². The van der Waals surface area contributed by atoms with Crippen molar-refractivity contribution in [2.45, 2.75) is 25.8 Å². The second kappa shape index (κ2) is 4.12. The molecular formula is C6H11OSSi. The first kappa shape index (κ1) is 9.24. The smallest absolute Gasteiger partial charge is 0.185 e. The molecule has 0 aromatic carbocycles. The van der Waals surface area contributed by atoms with Crippen LogP contribution in [0.1, 0.15) is 20.3 Å². The van der Waals surface area contributed by atoms with Crippen molar-refractivity contribution >= 4 is 28.0 Å². The molecule has 51 valence electrons. The van der Waals surface area contributed by atoms with Crippen LogP contribution in [0.15, 0.2) is 0 Å². The van der Waals surface area contributed by atoms with Gasteiger partial charge < -0.3 is 0 Å². The molecule has 0 fully saturated rings. The van der Waals surface area contributed by atoms with E-state index in [2.05, 4.69) is 29.8 Å². The maximum atomic E-state index is 10.6. The molecule has 9 heavy (non-hydrogen) atoms. The van der Waals surface area contributed by atoms with Crippen LogP contribution in [-0.2, 0) is 4.79 Å². The van der Waals surface area contributed by atoms with Gasteiger partial charge >= 0.3 is 0 Å². The van der Waals surface area contributed by atoms with Gasteiger partial charge in [-0.15, -0.1) is 12.6 Å². The molecule has 0 saturated heterocycles. The quantitative estimate of drug-likeness (QED) is 0.487. The van der Waals surface area contributed by atoms with Gasteiger partial charge in [-0.1, -0.05) is 20.3 Å². The van der Waals surface area contributed by atoms with Crippen molar-refractivity contribution < 1.29 is 4.79 Å². The van der Waals surface area contributed by atoms with Gasteiger partial charge in [0.1, 0.15) is 0 Å². The molecule has 0 aromatic heterocycles. The zero-order valence-corrected chi connectivity index (χ0v) is 7.61. The van der Waals surface area contributed by atoms with E-state index in [0.717, 1.165) is 6.42 Å². The fourth-order valence-electron chi connectivity index (χ4n) is 0.479. The second-order valence-corrected chi connectivity index (χ2v) is 3.26. The molecule has 0 N–H and O–H groups in total. The summed E-state index contributed by atoms with van der Waals surface area (Å²) in [6.45, 7) is 4.07. The topological polar surface area (TPSA) is 17.1 Å². The number of thiol groups is 1. The molecule has 2 atom stereocenters. The minimum Gasteiger partial charge on any atom is -0.288 e. The van der Waals surface area contributed by atoms with E-state index in [9.17, 15) is 4.79 Å². The van der Waals surface area contributed by atoms with Crippen LogP contribution in [0.4, 0.5) is 0 Å². The summed E-state index contributed by atoms with van der Waals surface area (Å²) >= 11 is 3.70. The summed E-state index contributed by atoms with van der Waals surface area (Å²) in [4.78, 5) is 10.6. The fraction of sp³-hybridized carbons (Fsp3) is 0.833. The first-order valence-electron chi connectivity index (χ1n) is 3.03. The maximum Gasteiger partial charge on any atom is 0.185 e. The highest BCUT2D eigenvalue weighted by Gasteiger charge is 2.14. The Labute approximate surface area is 65.1 Å². The third-order valence-corrected chi connectivity index (χ3v) is 2.83. The van der Waals surface area contributed by atoms with Gasteiger partial charge in [-0.3, -0.25) is 4.79 Å². The van der Waals surface area contributed by atoms with E-state index in [1.165, 1.54) is 0 Å². The van der Waals surface area contributed by atoms with Gasteiger partial charge in [0.05, 0.1) is 0 Å². The molecule has 0 heterocycles. The van der Waals surface area contributed by atoms with E-state index in [-0.39, 0.29) is 10.7 Å². The molecule has 0 saturated carbocycles. The lowest BCUT2D eigenvalue weighted by molar-refractivity contribution is -0.111. The molecule has 3 heteroatoms. The third-order valence-electron chi connectivity index (χ3n) is 1.48. The summed E-state index contributed by atoms with van der Waals surface area (Å²) in [6, 6.07) is 0. The van der Waals surface area contributed by atoms with Gasteiger partial charge in [0.25, 0.3) is 0 Å². The molecule has 0 spiro atoms. The molecule has 0 aliphatic rings. The molecule has 0 amide bonds. The average molecular weight is 159 g/mol. The first-order chi connectivity index (χ1) is 4.09. The summed E-state index contributed by atoms with van der Waals surface area (Å²) in [6.07, 6.45) is 1.00. The molecule has 0 bridgehead atoms. The number of hydrogen-bond donors (Lipinski definition) is 1. The van der Waals surface area contributed by atoms with Crippen molar-refractivity contribution in [1.29, 1.82) is 0 Å². The molecule has 1 nitrogen and oxygen atoms in total. The third kappa shape index (κ3) is 3.06. The number of carbonyl (C=O) groups is 1. The van der Waals surface area contributed by atoms with Gasteiger partial charge in [-0.25, -0.2) is 0 Å². The Kier molecular flexibility index (Phi) is 4.22. The lowest BCUT2D eigenvalue weighted by Crippen LogP contribution is -2.10. The van der Waals surface area contributed by atoms with Gasteiger partial charge in [0, 0.05) is 15.8 Å². The van der Waals surface area contributed by atoms with E-state index in [1.807, 2.05) is 6.92 Å². The van der Waals surface area contributed by atoms with E-state index in [4.69, 9.17) is 0 Å². The molecule has 0 aliphatic carbocycles. The van der Waals surface area contributed by atoms with Crippen LogP contribution in [0.25, 0.3) is 0 Å². The monoisotopic (exact) mass is 159 g/mol. The predicted octanol–water partition coefficient (Wildman–Crippen LogP) is 1.45. The van der Waals surface area contributed by atoms with Crippen LogP contribution in [-0.4, -0.2) is 15.4 Å². The van der Waals surface area contributed by atoms with E-state index in [1.54, 1.807) is 0 Å². The molecule has 0 aromatic rings. The Morgan fingerprint density at radius 1 is 1.78 bits per heavy atom. The Morgan fingerprint density at radius 2 is 2.22 bits per heavy atom. The SMILES string of the molecule is CCC(C)C([Si])C(=O)S. The largest absolute Gasteiger partial charge is 0.288 e. The minimum atomic E-state index is -0.0849. The second-order valence-electron chi connectivity index (χ2n) is 2.20. The first-order valence-corrected chi connectivity index (χ1v) is 4.06. The molecular weight excluding hydrogens is 148 g/mol. The summed E-state index contributed by atoms with van der Waals surface area (Å²) in [5, 5.41) is -0.0824. The van der Waals surface area contributed by atoms with Crippen molar-refractivity contribution in [2.75, 3.05) is 0 Å². The normalized spacial score (nSPS) is 16.9. The average Bonchev–Trinajstić information content (AvgIpc) is 1.84. The predicted molar refractivity (Wildman–Crippen MR) is 43.0 cm³/mol. The number of rotatable bonds is 3. The van der Waals surface area contributed by atoms with Crippen LogP contribution >= 0.6 is 12.6 Å². The molecule has 2 unspecified atom stereocenters. The van der Waals surface area contributed by atoms with Gasteiger partial charge in [0.2, 0.25) is 0 Å². The van der Waals surface area contributed by atoms with Crippen molar-refractivity contribution in [3.8, 4) is 0 Å². The zero-order chi connectivity index (χ0) is 7.44. The summed E-state index contributed by atoms with van der Waals surface area (Å²) in [7, 11) is 3.29. The van der Waals surface area contributed by atoms with Gasteiger partial charge in [-0.2, -0.15) is 0 Å². The van der Waals surface area contributed by atoms with Crippen LogP contribution in [0.3, 0.4) is 0 Å². The van der Waals surface area contributed by atoms with Crippen LogP contribution in [0, 0.1) is 5.92 Å². The summed E-state index contributed by atoms with van der Waals surface area (Å²) in [5.74, 6) is 0.381. The Morgan fingerprint density at radius 3 is 2.33 bits per heavy atom. The van der Waals surface area contributed by atoms with Crippen molar-refractivity contribution in [3.63, 3.8) is 0 Å². The molecule has 0 rings (SSSR count). The standard InChI is InChI=1S/C6H11OSSi/c1-3-4(2)5(9)6(7)8/h4-5H,3H2,1-2H3,(H,7,8). The van der Waals surface area contributed by atoms with Crippen LogP contribution in [0.2, 0.25) is 5.54 Å². The Hall–Kier alpha value is 0.237. The van der Waals surface area contributed by atoms with Crippen molar-refractivity contribution in [1.82, 2.24) is 0 Å². The van der Waals surface area contributed by atoms with Gasteiger partial charge in [-0.05, 0) is 5.92 Å². The lowest BCUT2D eigenvalue weighted by Gasteiger charge is -2.12. The molecule has 3 radical (unpaired) electrons. The molecule has 0 aliphatic heterocycles. The maximum absolute atomic E-state index is 10.6. The minimum absolute atomic E-state index is 0.0824. The van der Waals surface area contributed by atoms with Gasteiger partial charge in [0.15, 0.2) is 5.12 Å². The summed E-state index contributed by atoms with van der Waals surface area (Å²) in [5.41, 5.74) is -0.0849. The van der Waals surface area contributed by atoms with E-state index in [0.29, 0.717) is 5.92 Å².